The smallest absolute Gasteiger partial charge is 0.0576 e. The molecule has 0 aromatic heterocycles. The quantitative estimate of drug-likeness (QED) is 0.774. The number of hydrogen-bond acceptors (Lipinski definition) is 3. The highest BCUT2D eigenvalue weighted by Gasteiger charge is 2.23. The van der Waals surface area contributed by atoms with Gasteiger partial charge in [0, 0.05) is 19.3 Å². The first-order valence-corrected chi connectivity index (χ1v) is 7.26. The first kappa shape index (κ1) is 13.3. The van der Waals surface area contributed by atoms with E-state index in [2.05, 4.69) is 12.4 Å². The molecule has 3 nitrogen and oxygen atoms in total. The molecule has 0 aliphatic carbocycles. The average Bonchev–Trinajstić information content (AvgIpc) is 2.89. The van der Waals surface area contributed by atoms with Crippen molar-refractivity contribution in [3.05, 3.63) is 0 Å². The third-order valence-electron chi connectivity index (χ3n) is 4.20. The van der Waals surface area contributed by atoms with Gasteiger partial charge in [0.05, 0.1) is 12.7 Å². The third kappa shape index (κ3) is 4.23. The van der Waals surface area contributed by atoms with Crippen LogP contribution in [0.25, 0.3) is 0 Å². The summed E-state index contributed by atoms with van der Waals surface area (Å²) < 4.78 is 11.2. The summed E-state index contributed by atoms with van der Waals surface area (Å²) in [5, 5.41) is 3.48. The lowest BCUT2D eigenvalue weighted by atomic mass is 9.90. The Bertz CT molecular complexity index is 198. The SMILES string of the molecule is CNC(CCCC1CCCO1)C1CCCOC1. The van der Waals surface area contributed by atoms with E-state index in [-0.39, 0.29) is 0 Å². The van der Waals surface area contributed by atoms with E-state index < -0.39 is 0 Å². The lowest BCUT2D eigenvalue weighted by Gasteiger charge is -2.30. The topological polar surface area (TPSA) is 30.5 Å². The molecule has 2 fully saturated rings. The molecular weight excluding hydrogens is 214 g/mol. The molecule has 0 bridgehead atoms. The van der Waals surface area contributed by atoms with Crippen molar-refractivity contribution in [3.8, 4) is 0 Å². The molecule has 2 aliphatic rings. The van der Waals surface area contributed by atoms with Crippen molar-refractivity contribution in [3.63, 3.8) is 0 Å². The summed E-state index contributed by atoms with van der Waals surface area (Å²) in [6, 6.07) is 0.636. The minimum absolute atomic E-state index is 0.551. The van der Waals surface area contributed by atoms with Crippen molar-refractivity contribution in [2.75, 3.05) is 26.9 Å². The van der Waals surface area contributed by atoms with Gasteiger partial charge in [-0.05, 0) is 57.9 Å². The van der Waals surface area contributed by atoms with Crippen molar-refractivity contribution in [1.29, 1.82) is 0 Å². The largest absolute Gasteiger partial charge is 0.381 e. The van der Waals surface area contributed by atoms with Gasteiger partial charge in [-0.3, -0.25) is 0 Å². The van der Waals surface area contributed by atoms with Gasteiger partial charge in [-0.2, -0.15) is 0 Å². The van der Waals surface area contributed by atoms with Crippen LogP contribution in [0.5, 0.6) is 0 Å². The van der Waals surface area contributed by atoms with E-state index in [1.54, 1.807) is 0 Å². The van der Waals surface area contributed by atoms with Crippen LogP contribution >= 0.6 is 0 Å². The minimum Gasteiger partial charge on any atom is -0.381 e. The maximum atomic E-state index is 5.67. The van der Waals surface area contributed by atoms with Crippen LogP contribution < -0.4 is 5.32 Å². The Morgan fingerprint density at radius 1 is 1.24 bits per heavy atom. The van der Waals surface area contributed by atoms with Gasteiger partial charge in [0.2, 0.25) is 0 Å². The van der Waals surface area contributed by atoms with Crippen LogP contribution in [0.15, 0.2) is 0 Å². The monoisotopic (exact) mass is 241 g/mol. The molecule has 2 rings (SSSR count). The molecule has 0 spiro atoms. The summed E-state index contributed by atoms with van der Waals surface area (Å²) >= 11 is 0. The minimum atomic E-state index is 0.551. The molecule has 1 N–H and O–H groups in total. The van der Waals surface area contributed by atoms with Gasteiger partial charge in [-0.25, -0.2) is 0 Å². The fourth-order valence-electron chi connectivity index (χ4n) is 3.14. The van der Waals surface area contributed by atoms with Crippen LogP contribution in [0.4, 0.5) is 0 Å². The zero-order valence-corrected chi connectivity index (χ0v) is 11.1. The molecule has 0 aromatic rings. The van der Waals surface area contributed by atoms with Crippen LogP contribution in [-0.4, -0.2) is 39.0 Å². The highest BCUT2D eigenvalue weighted by atomic mass is 16.5. The van der Waals surface area contributed by atoms with Gasteiger partial charge in [0.1, 0.15) is 0 Å². The fourth-order valence-corrected chi connectivity index (χ4v) is 3.14. The van der Waals surface area contributed by atoms with Gasteiger partial charge in [-0.15, -0.1) is 0 Å². The van der Waals surface area contributed by atoms with Gasteiger partial charge in [0.15, 0.2) is 0 Å². The molecule has 2 aliphatic heterocycles. The normalized spacial score (nSPS) is 31.6. The van der Waals surface area contributed by atoms with Crippen LogP contribution in [-0.2, 0) is 9.47 Å². The molecule has 0 radical (unpaired) electrons. The first-order chi connectivity index (χ1) is 8.40. The Balaban J connectivity index is 1.63. The van der Waals surface area contributed by atoms with Crippen molar-refractivity contribution in [1.82, 2.24) is 5.32 Å². The molecular formula is C14H27NO2. The van der Waals surface area contributed by atoms with E-state index in [4.69, 9.17) is 9.47 Å². The lowest BCUT2D eigenvalue weighted by molar-refractivity contribution is 0.0376. The summed E-state index contributed by atoms with van der Waals surface area (Å²) in [5.74, 6) is 0.721. The second kappa shape index (κ2) is 7.34. The van der Waals surface area contributed by atoms with Gasteiger partial charge < -0.3 is 14.8 Å². The molecule has 0 saturated carbocycles. The first-order valence-electron chi connectivity index (χ1n) is 7.26. The molecule has 3 heteroatoms. The van der Waals surface area contributed by atoms with E-state index >= 15 is 0 Å². The van der Waals surface area contributed by atoms with Crippen molar-refractivity contribution in [2.45, 2.75) is 57.1 Å². The lowest BCUT2D eigenvalue weighted by Crippen LogP contribution is -2.38. The Hall–Kier alpha value is -0.120. The number of nitrogens with one attached hydrogen (secondary N) is 1. The summed E-state index contributed by atoms with van der Waals surface area (Å²) in [4.78, 5) is 0. The average molecular weight is 241 g/mol. The van der Waals surface area contributed by atoms with Crippen LogP contribution in [0.1, 0.15) is 44.9 Å². The maximum absolute atomic E-state index is 5.67. The van der Waals surface area contributed by atoms with Crippen LogP contribution in [0, 0.1) is 5.92 Å². The summed E-state index contributed by atoms with van der Waals surface area (Å²) in [6.07, 6.45) is 9.44. The zero-order chi connectivity index (χ0) is 11.9. The number of rotatable bonds is 6. The molecule has 0 aromatic carbocycles. The molecule has 3 atom stereocenters. The van der Waals surface area contributed by atoms with Crippen LogP contribution in [0.2, 0.25) is 0 Å². The van der Waals surface area contributed by atoms with E-state index in [1.807, 2.05) is 0 Å². The van der Waals surface area contributed by atoms with Gasteiger partial charge >= 0.3 is 0 Å². The second-order valence-electron chi connectivity index (χ2n) is 5.44. The fraction of sp³-hybridized carbons (Fsp3) is 1.00. The van der Waals surface area contributed by atoms with Crippen molar-refractivity contribution < 1.29 is 9.47 Å². The summed E-state index contributed by atoms with van der Waals surface area (Å²) in [5.41, 5.74) is 0. The summed E-state index contributed by atoms with van der Waals surface area (Å²) in [7, 11) is 2.09. The van der Waals surface area contributed by atoms with Gasteiger partial charge in [0.25, 0.3) is 0 Å². The van der Waals surface area contributed by atoms with E-state index in [0.29, 0.717) is 12.1 Å². The highest BCUT2D eigenvalue weighted by molar-refractivity contribution is 4.78. The van der Waals surface area contributed by atoms with Crippen molar-refractivity contribution in [2.24, 2.45) is 5.92 Å². The van der Waals surface area contributed by atoms with E-state index in [0.717, 1.165) is 25.7 Å². The molecule has 2 saturated heterocycles. The second-order valence-corrected chi connectivity index (χ2v) is 5.44. The Kier molecular flexibility index (Phi) is 5.75. The molecule has 2 heterocycles. The Morgan fingerprint density at radius 2 is 2.12 bits per heavy atom. The highest BCUT2D eigenvalue weighted by Crippen LogP contribution is 2.23. The predicted octanol–water partition coefficient (Wildman–Crippen LogP) is 2.35. The molecule has 17 heavy (non-hydrogen) atoms. The number of hydrogen-bond donors (Lipinski definition) is 1. The number of ether oxygens (including phenoxy) is 2. The van der Waals surface area contributed by atoms with Crippen molar-refractivity contribution >= 4 is 0 Å². The zero-order valence-electron chi connectivity index (χ0n) is 11.1. The summed E-state index contributed by atoms with van der Waals surface area (Å²) in [6.45, 7) is 2.89. The van der Waals surface area contributed by atoms with Crippen LogP contribution in [0.3, 0.4) is 0 Å². The van der Waals surface area contributed by atoms with E-state index in [9.17, 15) is 0 Å². The molecule has 3 unspecified atom stereocenters. The molecule has 100 valence electrons. The standard InChI is InChI=1S/C14H27NO2/c1-15-14(12-5-3-9-16-11-12)8-2-6-13-7-4-10-17-13/h12-15H,2-11H2,1H3. The van der Waals surface area contributed by atoms with Gasteiger partial charge in [-0.1, -0.05) is 0 Å². The predicted molar refractivity (Wildman–Crippen MR) is 69.2 cm³/mol. The maximum Gasteiger partial charge on any atom is 0.0576 e. The van der Waals surface area contributed by atoms with E-state index in [1.165, 1.54) is 44.9 Å². The Morgan fingerprint density at radius 3 is 2.76 bits per heavy atom. The third-order valence-corrected chi connectivity index (χ3v) is 4.20. The Labute approximate surface area is 105 Å². The molecule has 0 amide bonds.